The van der Waals surface area contributed by atoms with Gasteiger partial charge in [-0.05, 0) is 69.0 Å². The van der Waals surface area contributed by atoms with Crippen molar-refractivity contribution < 1.29 is 19.4 Å². The number of amides is 1. The fraction of sp³-hybridized carbons (Fsp3) is 0.600. The number of hydrogen-bond donors (Lipinski definition) is 1. The van der Waals surface area contributed by atoms with Crippen molar-refractivity contribution in [3.05, 3.63) is 34.7 Å². The number of carbonyl (C=O) groups excluding carboxylic acids is 1. The highest BCUT2D eigenvalue weighted by Crippen LogP contribution is 2.18. The Bertz CT molecular complexity index is 593. The number of carboxylic acid groups (broad SMARTS) is 1. The lowest BCUT2D eigenvalue weighted by molar-refractivity contribution is 0.0174. The minimum atomic E-state index is -1.01. The van der Waals surface area contributed by atoms with Crippen LogP contribution in [0.2, 0.25) is 0 Å². The molecule has 1 aromatic carbocycles. The summed E-state index contributed by atoms with van der Waals surface area (Å²) in [5.74, 6) is -0.404. The molecule has 1 N–H and O–H groups in total. The largest absolute Gasteiger partial charge is 0.478 e. The van der Waals surface area contributed by atoms with Gasteiger partial charge in [0.05, 0.1) is 5.56 Å². The van der Waals surface area contributed by atoms with Gasteiger partial charge in [-0.1, -0.05) is 20.8 Å². The van der Waals surface area contributed by atoms with Crippen LogP contribution in [0.25, 0.3) is 0 Å². The fourth-order valence-corrected chi connectivity index (χ4v) is 2.35. The Labute approximate surface area is 161 Å². The number of carboxylic acids is 1. The molecule has 0 bridgehead atoms. The third-order valence-corrected chi connectivity index (χ3v) is 3.53. The molecule has 0 spiro atoms. The van der Waals surface area contributed by atoms with Crippen LogP contribution >= 0.6 is 0 Å². The van der Waals surface area contributed by atoms with Gasteiger partial charge < -0.3 is 14.7 Å². The Morgan fingerprint density at radius 1 is 1.19 bits per heavy atom. The van der Waals surface area contributed by atoms with Gasteiger partial charge in [0.1, 0.15) is 11.3 Å². The highest BCUT2D eigenvalue weighted by Gasteiger charge is 2.25. The van der Waals surface area contributed by atoms with E-state index < -0.39 is 5.97 Å². The number of nitrogens with zero attached hydrogens (tertiary/aromatic N) is 2. The molecule has 0 aliphatic carbocycles. The second-order valence-corrected chi connectivity index (χ2v) is 7.12. The monoisotopic (exact) mass is 380 g/mol. The molecule has 1 atom stereocenters. The Balaban J connectivity index is 0.000000469. The zero-order chi connectivity index (χ0) is 21.0. The molecule has 7 heteroatoms. The predicted octanol–water partition coefficient (Wildman–Crippen LogP) is 5.46. The normalized spacial score (nSPS) is 16.1. The first-order chi connectivity index (χ1) is 12.6. The molecule has 1 amide bonds. The van der Waals surface area contributed by atoms with E-state index in [0.29, 0.717) is 5.92 Å². The number of rotatable bonds is 2. The average Bonchev–Trinajstić information content (AvgIpc) is 2.62. The molecule has 1 aromatic rings. The molecule has 2 rings (SSSR count). The van der Waals surface area contributed by atoms with Crippen molar-refractivity contribution in [2.45, 2.75) is 60.0 Å². The molecule has 1 fully saturated rings. The van der Waals surface area contributed by atoms with Gasteiger partial charge >= 0.3 is 12.1 Å². The summed E-state index contributed by atoms with van der Waals surface area (Å²) in [5.41, 5.74) is 0.00464. The standard InChI is InChI=1S/C11H21NO2.C7H5NO3.C2H6/c1-9-6-5-7-12(8-9)10(13)14-11(2,3)4;9-7(10)5-1-3-6(8-11)4-2-5;1-2/h9H,5-8H2,1-4H3;1-4H,(H,9,10);1-2H3. The van der Waals surface area contributed by atoms with E-state index in [9.17, 15) is 14.5 Å². The van der Waals surface area contributed by atoms with Crippen LogP contribution in [-0.2, 0) is 4.74 Å². The highest BCUT2D eigenvalue weighted by atomic mass is 16.6. The van der Waals surface area contributed by atoms with Crippen molar-refractivity contribution in [3.8, 4) is 0 Å². The number of likely N-dealkylation sites (tertiary alicyclic amines) is 1. The van der Waals surface area contributed by atoms with Crippen molar-refractivity contribution in [1.82, 2.24) is 4.90 Å². The molecule has 0 radical (unpaired) electrons. The molecule has 27 heavy (non-hydrogen) atoms. The zero-order valence-electron chi connectivity index (χ0n) is 17.2. The third kappa shape index (κ3) is 10.3. The van der Waals surface area contributed by atoms with E-state index in [1.807, 2.05) is 39.5 Å². The highest BCUT2D eigenvalue weighted by molar-refractivity contribution is 5.87. The van der Waals surface area contributed by atoms with Gasteiger partial charge in [0.15, 0.2) is 0 Å². The van der Waals surface area contributed by atoms with Crippen LogP contribution in [0.15, 0.2) is 29.4 Å². The Hall–Kier alpha value is -2.44. The maximum absolute atomic E-state index is 11.7. The summed E-state index contributed by atoms with van der Waals surface area (Å²) in [6.45, 7) is 13.6. The predicted molar refractivity (Wildman–Crippen MR) is 106 cm³/mol. The number of hydrogen-bond acceptors (Lipinski definition) is 5. The summed E-state index contributed by atoms with van der Waals surface area (Å²) >= 11 is 0. The molecule has 1 unspecified atom stereocenters. The van der Waals surface area contributed by atoms with E-state index in [0.717, 1.165) is 19.5 Å². The van der Waals surface area contributed by atoms with Gasteiger partial charge in [-0.2, -0.15) is 0 Å². The van der Waals surface area contributed by atoms with E-state index >= 15 is 0 Å². The molecule has 1 saturated heterocycles. The molecular formula is C20H32N2O5. The first-order valence-electron chi connectivity index (χ1n) is 9.27. The summed E-state index contributed by atoms with van der Waals surface area (Å²) in [5, 5.41) is 11.1. The van der Waals surface area contributed by atoms with E-state index in [1.165, 1.54) is 30.7 Å². The lowest BCUT2D eigenvalue weighted by atomic mass is 10.0. The van der Waals surface area contributed by atoms with E-state index in [2.05, 4.69) is 12.1 Å². The third-order valence-electron chi connectivity index (χ3n) is 3.53. The lowest BCUT2D eigenvalue weighted by Crippen LogP contribution is -2.42. The molecule has 7 nitrogen and oxygen atoms in total. The van der Waals surface area contributed by atoms with Crippen LogP contribution in [0.1, 0.15) is 64.7 Å². The van der Waals surface area contributed by atoms with Crippen molar-refractivity contribution in [2.75, 3.05) is 13.1 Å². The van der Waals surface area contributed by atoms with Crippen LogP contribution in [0.4, 0.5) is 10.5 Å². The number of nitroso groups, excluding NO2 is 1. The first kappa shape index (κ1) is 24.6. The SMILES string of the molecule is CC.CC1CCCN(C(=O)OC(C)(C)C)C1.O=Nc1ccc(C(=O)O)cc1. The van der Waals surface area contributed by atoms with E-state index in [1.54, 1.807) is 0 Å². The summed E-state index contributed by atoms with van der Waals surface area (Å²) in [6.07, 6.45) is 2.16. The molecule has 152 valence electrons. The topological polar surface area (TPSA) is 96.3 Å². The number of benzene rings is 1. The second kappa shape index (κ2) is 12.0. The summed E-state index contributed by atoms with van der Waals surface area (Å²) < 4.78 is 5.31. The number of carbonyl (C=O) groups is 2. The van der Waals surface area contributed by atoms with Gasteiger partial charge in [-0.3, -0.25) is 0 Å². The average molecular weight is 380 g/mol. The van der Waals surface area contributed by atoms with Gasteiger partial charge in [0, 0.05) is 13.1 Å². The zero-order valence-corrected chi connectivity index (χ0v) is 17.2. The van der Waals surface area contributed by atoms with Crippen LogP contribution in [-0.4, -0.2) is 40.8 Å². The minimum Gasteiger partial charge on any atom is -0.478 e. The number of piperidine rings is 1. The molecule has 1 aliphatic heterocycles. The number of ether oxygens (including phenoxy) is 1. The van der Waals surface area contributed by atoms with Crippen molar-refractivity contribution >= 4 is 17.7 Å². The van der Waals surface area contributed by atoms with Gasteiger partial charge in [0.25, 0.3) is 0 Å². The van der Waals surface area contributed by atoms with Crippen LogP contribution in [0.5, 0.6) is 0 Å². The van der Waals surface area contributed by atoms with Crippen molar-refractivity contribution in [1.29, 1.82) is 0 Å². The van der Waals surface area contributed by atoms with E-state index in [-0.39, 0.29) is 22.9 Å². The Morgan fingerprint density at radius 3 is 2.15 bits per heavy atom. The Morgan fingerprint density at radius 2 is 1.74 bits per heavy atom. The molecule has 0 saturated carbocycles. The van der Waals surface area contributed by atoms with Gasteiger partial charge in [-0.25, -0.2) is 9.59 Å². The maximum atomic E-state index is 11.7. The van der Waals surface area contributed by atoms with Gasteiger partial charge in [0.2, 0.25) is 0 Å². The van der Waals surface area contributed by atoms with E-state index in [4.69, 9.17) is 9.84 Å². The quantitative estimate of drug-likeness (QED) is 0.687. The van der Waals surface area contributed by atoms with Gasteiger partial charge in [-0.15, -0.1) is 4.91 Å². The summed E-state index contributed by atoms with van der Waals surface area (Å²) in [4.78, 5) is 33.7. The number of aromatic carboxylic acids is 1. The van der Waals surface area contributed by atoms with Crippen LogP contribution in [0.3, 0.4) is 0 Å². The smallest absolute Gasteiger partial charge is 0.410 e. The molecule has 1 aliphatic rings. The second-order valence-electron chi connectivity index (χ2n) is 7.12. The maximum Gasteiger partial charge on any atom is 0.410 e. The molecule has 0 aromatic heterocycles. The lowest BCUT2D eigenvalue weighted by Gasteiger charge is -2.32. The van der Waals surface area contributed by atoms with Crippen molar-refractivity contribution in [2.24, 2.45) is 11.1 Å². The summed E-state index contributed by atoms with van der Waals surface area (Å²) in [7, 11) is 0. The molecule has 1 heterocycles. The molecular weight excluding hydrogens is 348 g/mol. The minimum absolute atomic E-state index is 0.150. The van der Waals surface area contributed by atoms with Crippen LogP contribution < -0.4 is 0 Å². The first-order valence-corrected chi connectivity index (χ1v) is 9.27. The fourth-order valence-electron chi connectivity index (χ4n) is 2.35. The Kier molecular flexibility index (Phi) is 11.0. The summed E-state index contributed by atoms with van der Waals surface area (Å²) in [6, 6.07) is 5.38. The van der Waals surface area contributed by atoms with Crippen LogP contribution in [0, 0.1) is 10.8 Å². The van der Waals surface area contributed by atoms with Crippen molar-refractivity contribution in [3.63, 3.8) is 0 Å².